The van der Waals surface area contributed by atoms with E-state index in [2.05, 4.69) is 29.4 Å². The molecule has 1 aromatic heterocycles. The summed E-state index contributed by atoms with van der Waals surface area (Å²) >= 11 is 0. The number of para-hydroxylation sites is 1. The van der Waals surface area contributed by atoms with E-state index in [9.17, 15) is 4.79 Å². The van der Waals surface area contributed by atoms with E-state index in [0.29, 0.717) is 5.56 Å². The van der Waals surface area contributed by atoms with Crippen molar-refractivity contribution in [1.82, 2.24) is 4.98 Å². The summed E-state index contributed by atoms with van der Waals surface area (Å²) in [5.41, 5.74) is 4.78. The Balaban J connectivity index is 2.00. The lowest BCUT2D eigenvalue weighted by atomic mass is 10.0. The second-order valence-electron chi connectivity index (χ2n) is 5.03. The lowest BCUT2D eigenvalue weighted by Crippen LogP contribution is -2.11. The van der Waals surface area contributed by atoms with Gasteiger partial charge in [-0.05, 0) is 43.2 Å². The van der Waals surface area contributed by atoms with Crippen LogP contribution in [0.15, 0.2) is 48.7 Å². The average Bonchev–Trinajstić information content (AvgIpc) is 2.84. The Kier molecular flexibility index (Phi) is 3.03. The van der Waals surface area contributed by atoms with Gasteiger partial charge in [0.25, 0.3) is 5.91 Å². The molecule has 0 fully saturated rings. The first-order valence-corrected chi connectivity index (χ1v) is 6.60. The van der Waals surface area contributed by atoms with Crippen LogP contribution in [-0.4, -0.2) is 10.9 Å². The van der Waals surface area contributed by atoms with Crippen LogP contribution in [0.5, 0.6) is 0 Å². The van der Waals surface area contributed by atoms with E-state index < -0.39 is 0 Å². The van der Waals surface area contributed by atoms with Crippen molar-refractivity contribution >= 4 is 22.5 Å². The van der Waals surface area contributed by atoms with Gasteiger partial charge in [0.05, 0.1) is 5.56 Å². The van der Waals surface area contributed by atoms with E-state index in [0.717, 1.165) is 22.2 Å². The van der Waals surface area contributed by atoms with E-state index in [1.54, 1.807) is 6.20 Å². The molecule has 3 rings (SSSR count). The monoisotopic (exact) mass is 264 g/mol. The standard InChI is InChI=1S/C17H16N2O/c1-11-8-12(2)16-14(10-18-15(16)9-11)17(20)19-13-6-4-3-5-7-13/h3-10,18H,1-2H3,(H,19,20). The highest BCUT2D eigenvalue weighted by atomic mass is 16.1. The maximum atomic E-state index is 12.4. The number of aromatic nitrogens is 1. The van der Waals surface area contributed by atoms with Crippen LogP contribution in [0, 0.1) is 13.8 Å². The van der Waals surface area contributed by atoms with Gasteiger partial charge in [0.15, 0.2) is 0 Å². The maximum Gasteiger partial charge on any atom is 0.257 e. The van der Waals surface area contributed by atoms with Crippen LogP contribution in [0.3, 0.4) is 0 Å². The predicted octanol–water partition coefficient (Wildman–Crippen LogP) is 4.04. The van der Waals surface area contributed by atoms with Crippen molar-refractivity contribution in [1.29, 1.82) is 0 Å². The first-order valence-electron chi connectivity index (χ1n) is 6.60. The number of carbonyl (C=O) groups excluding carboxylic acids is 1. The van der Waals surface area contributed by atoms with Gasteiger partial charge >= 0.3 is 0 Å². The molecule has 0 spiro atoms. The summed E-state index contributed by atoms with van der Waals surface area (Å²) in [6.45, 7) is 4.08. The molecule has 3 nitrogen and oxygen atoms in total. The molecule has 0 radical (unpaired) electrons. The van der Waals surface area contributed by atoms with E-state index in [-0.39, 0.29) is 5.91 Å². The number of nitrogens with one attached hydrogen (secondary N) is 2. The third-order valence-electron chi connectivity index (χ3n) is 3.40. The van der Waals surface area contributed by atoms with Crippen LogP contribution in [0.4, 0.5) is 5.69 Å². The van der Waals surface area contributed by atoms with Gasteiger partial charge in [0.2, 0.25) is 0 Å². The normalized spacial score (nSPS) is 10.7. The number of H-pyrrole nitrogens is 1. The Bertz CT molecular complexity index is 772. The minimum absolute atomic E-state index is 0.0885. The molecule has 3 aromatic rings. The number of hydrogen-bond acceptors (Lipinski definition) is 1. The molecule has 1 heterocycles. The summed E-state index contributed by atoms with van der Waals surface area (Å²) in [6, 6.07) is 13.6. The van der Waals surface area contributed by atoms with Gasteiger partial charge in [0.1, 0.15) is 0 Å². The van der Waals surface area contributed by atoms with E-state index in [1.165, 1.54) is 5.56 Å². The lowest BCUT2D eigenvalue weighted by molar-refractivity contribution is 0.102. The number of benzene rings is 2. The Morgan fingerprint density at radius 3 is 2.60 bits per heavy atom. The molecule has 0 bridgehead atoms. The average molecular weight is 264 g/mol. The quantitative estimate of drug-likeness (QED) is 0.721. The minimum atomic E-state index is -0.0885. The summed E-state index contributed by atoms with van der Waals surface area (Å²) in [4.78, 5) is 15.6. The second kappa shape index (κ2) is 4.85. The molecule has 0 atom stereocenters. The number of fused-ring (bicyclic) bond motifs is 1. The summed E-state index contributed by atoms with van der Waals surface area (Å²) in [5, 5.41) is 3.91. The topological polar surface area (TPSA) is 44.9 Å². The second-order valence-corrected chi connectivity index (χ2v) is 5.03. The van der Waals surface area contributed by atoms with Crippen molar-refractivity contribution in [2.24, 2.45) is 0 Å². The van der Waals surface area contributed by atoms with E-state index in [1.807, 2.05) is 37.3 Å². The number of hydrogen-bond donors (Lipinski definition) is 2. The van der Waals surface area contributed by atoms with Gasteiger partial charge in [-0.15, -0.1) is 0 Å². The Morgan fingerprint density at radius 1 is 1.10 bits per heavy atom. The lowest BCUT2D eigenvalue weighted by Gasteiger charge is -2.05. The summed E-state index contributed by atoms with van der Waals surface area (Å²) < 4.78 is 0. The van der Waals surface area contributed by atoms with Gasteiger partial charge < -0.3 is 10.3 Å². The molecule has 0 unspecified atom stereocenters. The molecular weight excluding hydrogens is 248 g/mol. The predicted molar refractivity (Wildman–Crippen MR) is 82.2 cm³/mol. The Morgan fingerprint density at radius 2 is 1.85 bits per heavy atom. The fourth-order valence-corrected chi connectivity index (χ4v) is 2.56. The smallest absolute Gasteiger partial charge is 0.257 e. The maximum absolute atomic E-state index is 12.4. The molecule has 1 amide bonds. The van der Waals surface area contributed by atoms with Crippen LogP contribution in [0.1, 0.15) is 21.5 Å². The van der Waals surface area contributed by atoms with Gasteiger partial charge in [-0.3, -0.25) is 4.79 Å². The number of rotatable bonds is 2. The molecule has 0 aliphatic heterocycles. The molecular formula is C17H16N2O. The summed E-state index contributed by atoms with van der Waals surface area (Å²) in [7, 11) is 0. The van der Waals surface area contributed by atoms with Crippen molar-refractivity contribution in [3.63, 3.8) is 0 Å². The molecule has 0 saturated heterocycles. The van der Waals surface area contributed by atoms with Crippen LogP contribution < -0.4 is 5.32 Å². The zero-order chi connectivity index (χ0) is 14.1. The van der Waals surface area contributed by atoms with Gasteiger partial charge in [-0.25, -0.2) is 0 Å². The van der Waals surface area contributed by atoms with Crippen molar-refractivity contribution in [3.05, 3.63) is 65.4 Å². The molecule has 3 heteroatoms. The van der Waals surface area contributed by atoms with Crippen molar-refractivity contribution < 1.29 is 4.79 Å². The highest BCUT2D eigenvalue weighted by Crippen LogP contribution is 2.24. The summed E-state index contributed by atoms with van der Waals surface area (Å²) in [6.07, 6.45) is 1.77. The Hall–Kier alpha value is -2.55. The molecule has 2 N–H and O–H groups in total. The molecule has 20 heavy (non-hydrogen) atoms. The molecule has 0 aliphatic rings. The third-order valence-corrected chi connectivity index (χ3v) is 3.40. The van der Waals surface area contributed by atoms with Crippen LogP contribution in [0.25, 0.3) is 10.9 Å². The fourth-order valence-electron chi connectivity index (χ4n) is 2.56. The first-order chi connectivity index (χ1) is 9.65. The molecule has 100 valence electrons. The van der Waals surface area contributed by atoms with Crippen LogP contribution in [0.2, 0.25) is 0 Å². The number of anilines is 1. The molecule has 2 aromatic carbocycles. The highest BCUT2D eigenvalue weighted by Gasteiger charge is 2.14. The third kappa shape index (κ3) is 2.18. The number of amides is 1. The zero-order valence-corrected chi connectivity index (χ0v) is 11.5. The molecule has 0 saturated carbocycles. The number of aryl methyl sites for hydroxylation is 2. The van der Waals surface area contributed by atoms with Gasteiger partial charge in [0, 0.05) is 22.8 Å². The fraction of sp³-hybridized carbons (Fsp3) is 0.118. The van der Waals surface area contributed by atoms with Crippen molar-refractivity contribution in [2.45, 2.75) is 13.8 Å². The van der Waals surface area contributed by atoms with Crippen LogP contribution >= 0.6 is 0 Å². The SMILES string of the molecule is Cc1cc(C)c2c(C(=O)Nc3ccccc3)c[nH]c2c1. The minimum Gasteiger partial charge on any atom is -0.360 e. The van der Waals surface area contributed by atoms with Gasteiger partial charge in [-0.1, -0.05) is 24.3 Å². The number of aromatic amines is 1. The largest absolute Gasteiger partial charge is 0.360 e. The summed E-state index contributed by atoms with van der Waals surface area (Å²) in [5.74, 6) is -0.0885. The van der Waals surface area contributed by atoms with Gasteiger partial charge in [-0.2, -0.15) is 0 Å². The highest BCUT2D eigenvalue weighted by molar-refractivity contribution is 6.13. The Labute approximate surface area is 117 Å². The van der Waals surface area contributed by atoms with Crippen molar-refractivity contribution in [2.75, 3.05) is 5.32 Å². The molecule has 0 aliphatic carbocycles. The van der Waals surface area contributed by atoms with Crippen molar-refractivity contribution in [3.8, 4) is 0 Å². The number of carbonyl (C=O) groups is 1. The first kappa shape index (κ1) is 12.5. The zero-order valence-electron chi connectivity index (χ0n) is 11.5. The van der Waals surface area contributed by atoms with E-state index >= 15 is 0 Å². The van der Waals surface area contributed by atoms with E-state index in [4.69, 9.17) is 0 Å². The van der Waals surface area contributed by atoms with Crippen LogP contribution in [-0.2, 0) is 0 Å².